The molecule has 1 N–H and O–H groups in total. The van der Waals surface area contributed by atoms with Gasteiger partial charge in [0.05, 0.1) is 24.4 Å². The largest absolute Gasteiger partial charge is 0.308 e. The van der Waals surface area contributed by atoms with E-state index >= 15 is 0 Å². The van der Waals surface area contributed by atoms with Gasteiger partial charge in [0, 0.05) is 18.8 Å². The molecule has 0 aromatic carbocycles. The third-order valence-electron chi connectivity index (χ3n) is 2.52. The highest BCUT2D eigenvalue weighted by molar-refractivity contribution is 5.39. The molecule has 16 heavy (non-hydrogen) atoms. The third-order valence-corrected chi connectivity index (χ3v) is 2.52. The molecule has 0 aliphatic carbocycles. The summed E-state index contributed by atoms with van der Waals surface area (Å²) in [6.45, 7) is 2.74. The molecule has 4 nitrogen and oxygen atoms in total. The summed E-state index contributed by atoms with van der Waals surface area (Å²) in [5.41, 5.74) is 2.06. The number of hydrogen-bond donors (Lipinski definition) is 1. The summed E-state index contributed by atoms with van der Waals surface area (Å²) in [6.07, 6.45) is 4.38. The molecular formula is C12H14N4. The molecule has 0 bridgehead atoms. The Labute approximate surface area is 94.5 Å². The Morgan fingerprint density at radius 3 is 3.25 bits per heavy atom. The summed E-state index contributed by atoms with van der Waals surface area (Å²) in [7, 11) is 0. The van der Waals surface area contributed by atoms with Crippen molar-refractivity contribution in [2.24, 2.45) is 0 Å². The van der Waals surface area contributed by atoms with Crippen molar-refractivity contribution in [2.45, 2.75) is 25.9 Å². The van der Waals surface area contributed by atoms with Gasteiger partial charge in [-0.2, -0.15) is 5.26 Å². The molecular weight excluding hydrogens is 200 g/mol. The maximum absolute atomic E-state index is 8.56. The van der Waals surface area contributed by atoms with Crippen molar-refractivity contribution in [1.82, 2.24) is 14.7 Å². The van der Waals surface area contributed by atoms with Crippen LogP contribution in [0.15, 0.2) is 30.6 Å². The Kier molecular flexibility index (Phi) is 3.18. The van der Waals surface area contributed by atoms with E-state index in [2.05, 4.69) is 16.4 Å². The minimum absolute atomic E-state index is 0.208. The fourth-order valence-corrected chi connectivity index (χ4v) is 1.60. The van der Waals surface area contributed by atoms with Gasteiger partial charge in [0.25, 0.3) is 0 Å². The van der Waals surface area contributed by atoms with Gasteiger partial charge in [0.15, 0.2) is 0 Å². The molecule has 0 saturated heterocycles. The van der Waals surface area contributed by atoms with E-state index in [-0.39, 0.29) is 6.04 Å². The zero-order valence-electron chi connectivity index (χ0n) is 9.22. The van der Waals surface area contributed by atoms with Crippen molar-refractivity contribution in [3.05, 3.63) is 36.3 Å². The second kappa shape index (κ2) is 4.77. The Balaban J connectivity index is 2.08. The van der Waals surface area contributed by atoms with E-state index in [4.69, 9.17) is 5.26 Å². The molecule has 0 aliphatic heterocycles. The molecule has 82 valence electrons. The zero-order valence-corrected chi connectivity index (χ0v) is 9.22. The second-order valence-electron chi connectivity index (χ2n) is 3.82. The Bertz CT molecular complexity index is 509. The van der Waals surface area contributed by atoms with Crippen LogP contribution in [0.1, 0.15) is 19.0 Å². The highest BCUT2D eigenvalue weighted by Gasteiger charge is 2.04. The van der Waals surface area contributed by atoms with Crippen LogP contribution in [0, 0.1) is 11.3 Å². The van der Waals surface area contributed by atoms with Crippen LogP contribution in [-0.4, -0.2) is 15.4 Å². The summed E-state index contributed by atoms with van der Waals surface area (Å²) in [5.74, 6) is 0. The van der Waals surface area contributed by atoms with Crippen molar-refractivity contribution >= 4 is 5.65 Å². The molecule has 0 amide bonds. The lowest BCUT2D eigenvalue weighted by Gasteiger charge is -2.09. The molecule has 4 heteroatoms. The fraction of sp³-hybridized carbons (Fsp3) is 0.333. The smallest absolute Gasteiger partial charge is 0.136 e. The molecule has 2 aromatic heterocycles. The topological polar surface area (TPSA) is 53.1 Å². The minimum Gasteiger partial charge on any atom is -0.308 e. The number of hydrogen-bond acceptors (Lipinski definition) is 3. The fourth-order valence-electron chi connectivity index (χ4n) is 1.60. The molecule has 0 aliphatic rings. The monoisotopic (exact) mass is 214 g/mol. The van der Waals surface area contributed by atoms with Crippen molar-refractivity contribution in [1.29, 1.82) is 5.26 Å². The van der Waals surface area contributed by atoms with Gasteiger partial charge < -0.3 is 9.72 Å². The van der Waals surface area contributed by atoms with Gasteiger partial charge in [0.2, 0.25) is 0 Å². The molecule has 2 rings (SSSR count). The van der Waals surface area contributed by atoms with Crippen LogP contribution >= 0.6 is 0 Å². The maximum atomic E-state index is 8.56. The lowest BCUT2D eigenvalue weighted by molar-refractivity contribution is 0.550. The third kappa shape index (κ3) is 2.20. The van der Waals surface area contributed by atoms with E-state index in [1.807, 2.05) is 41.9 Å². The lowest BCUT2D eigenvalue weighted by atomic mass is 10.2. The summed E-state index contributed by atoms with van der Waals surface area (Å²) < 4.78 is 2.05. The van der Waals surface area contributed by atoms with Crippen molar-refractivity contribution in [2.75, 3.05) is 0 Å². The summed E-state index contributed by atoms with van der Waals surface area (Å²) in [5, 5.41) is 11.9. The van der Waals surface area contributed by atoms with Gasteiger partial charge in [-0.1, -0.05) is 6.07 Å². The number of nitrogens with one attached hydrogen (secondary N) is 1. The highest BCUT2D eigenvalue weighted by atomic mass is 15.0. The van der Waals surface area contributed by atoms with Crippen molar-refractivity contribution in [3.8, 4) is 6.07 Å². The van der Waals surface area contributed by atoms with Gasteiger partial charge in [-0.05, 0) is 19.1 Å². The van der Waals surface area contributed by atoms with Gasteiger partial charge in [-0.15, -0.1) is 0 Å². The van der Waals surface area contributed by atoms with Crippen molar-refractivity contribution in [3.63, 3.8) is 0 Å². The second-order valence-corrected chi connectivity index (χ2v) is 3.82. The number of fused-ring (bicyclic) bond motifs is 1. The van der Waals surface area contributed by atoms with Crippen molar-refractivity contribution < 1.29 is 0 Å². The van der Waals surface area contributed by atoms with Crippen LogP contribution in [0.4, 0.5) is 0 Å². The first-order chi connectivity index (χ1) is 7.81. The number of rotatable bonds is 4. The number of pyridine rings is 1. The molecule has 1 unspecified atom stereocenters. The molecule has 0 spiro atoms. The molecule has 2 heterocycles. The van der Waals surface area contributed by atoms with Gasteiger partial charge in [-0.25, -0.2) is 4.98 Å². The Morgan fingerprint density at radius 1 is 1.56 bits per heavy atom. The SMILES string of the molecule is CC(CC#N)NCc1cnc2ccccn12. The summed E-state index contributed by atoms with van der Waals surface area (Å²) >= 11 is 0. The summed E-state index contributed by atoms with van der Waals surface area (Å²) in [4.78, 5) is 4.30. The molecule has 0 radical (unpaired) electrons. The van der Waals surface area contributed by atoms with Crippen LogP contribution in [0.25, 0.3) is 5.65 Å². The summed E-state index contributed by atoms with van der Waals surface area (Å²) in [6, 6.07) is 8.28. The highest BCUT2D eigenvalue weighted by Crippen LogP contribution is 2.06. The molecule has 1 atom stereocenters. The van der Waals surface area contributed by atoms with Crippen LogP contribution < -0.4 is 5.32 Å². The standard InChI is InChI=1S/C12H14N4/c1-10(5-6-13)14-8-11-9-15-12-4-2-3-7-16(11)12/h2-4,7,9-10,14H,5,8H2,1H3. The van der Waals surface area contributed by atoms with Gasteiger partial charge in [-0.3, -0.25) is 0 Å². The predicted molar refractivity (Wildman–Crippen MR) is 61.7 cm³/mol. The minimum atomic E-state index is 0.208. The van der Waals surface area contributed by atoms with E-state index in [0.29, 0.717) is 6.42 Å². The quantitative estimate of drug-likeness (QED) is 0.843. The molecule has 0 fully saturated rings. The first-order valence-electron chi connectivity index (χ1n) is 5.32. The van der Waals surface area contributed by atoms with Crippen LogP contribution in [0.2, 0.25) is 0 Å². The average molecular weight is 214 g/mol. The average Bonchev–Trinajstić information content (AvgIpc) is 2.70. The molecule has 2 aromatic rings. The van der Waals surface area contributed by atoms with Crippen LogP contribution in [0.5, 0.6) is 0 Å². The number of nitrogens with zero attached hydrogens (tertiary/aromatic N) is 3. The van der Waals surface area contributed by atoms with E-state index < -0.39 is 0 Å². The Hall–Kier alpha value is -1.86. The van der Waals surface area contributed by atoms with E-state index in [1.165, 1.54) is 0 Å². The maximum Gasteiger partial charge on any atom is 0.136 e. The molecule has 0 saturated carbocycles. The first kappa shape index (κ1) is 10.7. The lowest BCUT2D eigenvalue weighted by Crippen LogP contribution is -2.25. The number of imidazole rings is 1. The van der Waals surface area contributed by atoms with Gasteiger partial charge in [0.1, 0.15) is 5.65 Å². The van der Waals surface area contributed by atoms with E-state index in [0.717, 1.165) is 17.9 Å². The first-order valence-corrected chi connectivity index (χ1v) is 5.32. The van der Waals surface area contributed by atoms with Gasteiger partial charge >= 0.3 is 0 Å². The Morgan fingerprint density at radius 2 is 2.44 bits per heavy atom. The van der Waals surface area contributed by atoms with Crippen LogP contribution in [-0.2, 0) is 6.54 Å². The predicted octanol–water partition coefficient (Wildman–Crippen LogP) is 1.73. The number of aromatic nitrogens is 2. The van der Waals surface area contributed by atoms with Crippen LogP contribution in [0.3, 0.4) is 0 Å². The van der Waals surface area contributed by atoms with E-state index in [1.54, 1.807) is 0 Å². The van der Waals surface area contributed by atoms with E-state index in [9.17, 15) is 0 Å². The zero-order chi connectivity index (χ0) is 11.4. The number of nitriles is 1. The normalized spacial score (nSPS) is 12.5.